The van der Waals surface area contributed by atoms with E-state index < -0.39 is 5.79 Å². The largest absolute Gasteiger partial charge is 0.491 e. The lowest BCUT2D eigenvalue weighted by molar-refractivity contribution is -0.189. The first-order chi connectivity index (χ1) is 17.5. The molecule has 7 nitrogen and oxygen atoms in total. The minimum Gasteiger partial charge on any atom is -0.491 e. The Morgan fingerprint density at radius 3 is 2.72 bits per heavy atom. The number of rotatable bonds is 9. The maximum Gasteiger partial charge on any atom is 0.215 e. The third-order valence-electron chi connectivity index (χ3n) is 6.05. The van der Waals surface area contributed by atoms with Crippen LogP contribution >= 0.6 is 35.0 Å². The maximum atomic E-state index is 6.55. The summed E-state index contributed by atoms with van der Waals surface area (Å²) in [5.41, 5.74) is 2.89. The van der Waals surface area contributed by atoms with E-state index >= 15 is 0 Å². The van der Waals surface area contributed by atoms with Crippen molar-refractivity contribution in [1.82, 2.24) is 19.1 Å². The molecule has 36 heavy (non-hydrogen) atoms. The van der Waals surface area contributed by atoms with Gasteiger partial charge in [0.15, 0.2) is 5.16 Å². The standard InChI is InChI=1S/C26H26Cl2N4O3S/c1-3-32-24(13-30-25(32)36-2)18-4-7-20(8-5-18)33-14-21-15-34-26(35-21,16-31-11-10-29-17-31)22-9-6-19(27)12-23(22)28/h4-13,17,21H,3,14-16H2,1-2H3. The van der Waals surface area contributed by atoms with Crippen LogP contribution in [0.1, 0.15) is 12.5 Å². The van der Waals surface area contributed by atoms with E-state index in [-0.39, 0.29) is 6.10 Å². The molecule has 188 valence electrons. The van der Waals surface area contributed by atoms with Crippen LogP contribution in [0, 0.1) is 0 Å². The van der Waals surface area contributed by atoms with Gasteiger partial charge in [-0.25, -0.2) is 9.97 Å². The van der Waals surface area contributed by atoms with Crippen LogP contribution in [0.25, 0.3) is 11.3 Å². The molecule has 1 saturated heterocycles. The Hall–Kier alpha value is -2.49. The number of thioether (sulfide) groups is 1. The number of hydrogen-bond acceptors (Lipinski definition) is 6. The molecule has 0 bridgehead atoms. The zero-order valence-electron chi connectivity index (χ0n) is 19.9. The zero-order valence-corrected chi connectivity index (χ0v) is 22.3. The molecule has 2 atom stereocenters. The zero-order chi connectivity index (χ0) is 25.1. The molecule has 2 unspecified atom stereocenters. The van der Waals surface area contributed by atoms with E-state index in [1.54, 1.807) is 36.4 Å². The van der Waals surface area contributed by atoms with Gasteiger partial charge in [-0.2, -0.15) is 0 Å². The lowest BCUT2D eigenvalue weighted by Crippen LogP contribution is -2.34. The quantitative estimate of drug-likeness (QED) is 0.236. The highest BCUT2D eigenvalue weighted by atomic mass is 35.5. The van der Waals surface area contributed by atoms with Gasteiger partial charge in [-0.15, -0.1) is 0 Å². The topological polar surface area (TPSA) is 63.3 Å². The molecule has 3 heterocycles. The Morgan fingerprint density at radius 2 is 2.03 bits per heavy atom. The van der Waals surface area contributed by atoms with Crippen LogP contribution < -0.4 is 4.74 Å². The first kappa shape index (κ1) is 25.2. The summed E-state index contributed by atoms with van der Waals surface area (Å²) in [5.74, 6) is -0.319. The molecule has 0 N–H and O–H groups in total. The van der Waals surface area contributed by atoms with Gasteiger partial charge in [-0.3, -0.25) is 0 Å². The fourth-order valence-corrected chi connectivity index (χ4v) is 5.50. The molecule has 1 aliphatic rings. The smallest absolute Gasteiger partial charge is 0.215 e. The van der Waals surface area contributed by atoms with Crippen molar-refractivity contribution < 1.29 is 14.2 Å². The van der Waals surface area contributed by atoms with Crippen LogP contribution in [0.4, 0.5) is 0 Å². The molecule has 1 aliphatic heterocycles. The number of halogens is 2. The minimum absolute atomic E-state index is 0.286. The Bertz CT molecular complexity index is 1310. The average molecular weight is 545 g/mol. The number of benzene rings is 2. The second kappa shape index (κ2) is 10.9. The first-order valence-electron chi connectivity index (χ1n) is 11.6. The molecule has 0 spiro atoms. The predicted octanol–water partition coefficient (Wildman–Crippen LogP) is 6.14. The third-order valence-corrected chi connectivity index (χ3v) is 7.29. The van der Waals surface area contributed by atoms with Crippen molar-refractivity contribution in [1.29, 1.82) is 0 Å². The average Bonchev–Trinajstić information content (AvgIpc) is 3.63. The van der Waals surface area contributed by atoms with Crippen molar-refractivity contribution in [2.24, 2.45) is 0 Å². The van der Waals surface area contributed by atoms with Gasteiger partial charge >= 0.3 is 0 Å². The second-order valence-corrected chi connectivity index (χ2v) is 9.99. The van der Waals surface area contributed by atoms with E-state index in [1.807, 2.05) is 53.5 Å². The summed E-state index contributed by atoms with van der Waals surface area (Å²) in [5, 5.41) is 2.04. The second-order valence-electron chi connectivity index (χ2n) is 8.37. The summed E-state index contributed by atoms with van der Waals surface area (Å²) in [7, 11) is 0. The fourth-order valence-electron chi connectivity index (χ4n) is 4.34. The lowest BCUT2D eigenvalue weighted by Gasteiger charge is -2.30. The van der Waals surface area contributed by atoms with Gasteiger partial charge in [0.25, 0.3) is 0 Å². The highest BCUT2D eigenvalue weighted by Gasteiger charge is 2.45. The summed E-state index contributed by atoms with van der Waals surface area (Å²) in [4.78, 5) is 8.64. The molecule has 10 heteroatoms. The normalized spacial score (nSPS) is 19.6. The monoisotopic (exact) mass is 544 g/mol. The van der Waals surface area contributed by atoms with Crippen LogP contribution in [-0.4, -0.2) is 44.7 Å². The minimum atomic E-state index is -1.08. The summed E-state index contributed by atoms with van der Waals surface area (Å²) in [6.45, 7) is 4.07. The summed E-state index contributed by atoms with van der Waals surface area (Å²) < 4.78 is 22.9. The van der Waals surface area contributed by atoms with E-state index in [0.29, 0.717) is 35.4 Å². The number of nitrogens with zero attached hydrogens (tertiary/aromatic N) is 4. The Morgan fingerprint density at radius 1 is 1.19 bits per heavy atom. The van der Waals surface area contributed by atoms with E-state index in [9.17, 15) is 0 Å². The molecule has 0 radical (unpaired) electrons. The Kier molecular flexibility index (Phi) is 7.60. The molecule has 0 saturated carbocycles. The summed E-state index contributed by atoms with van der Waals surface area (Å²) in [6.07, 6.45) is 8.95. The van der Waals surface area contributed by atoms with Gasteiger partial charge in [0.1, 0.15) is 18.5 Å². The van der Waals surface area contributed by atoms with E-state index in [0.717, 1.165) is 28.7 Å². The molecule has 0 amide bonds. The van der Waals surface area contributed by atoms with E-state index in [2.05, 4.69) is 21.5 Å². The Balaban J connectivity index is 1.29. The molecule has 1 fully saturated rings. The van der Waals surface area contributed by atoms with Gasteiger partial charge in [0.05, 0.1) is 36.4 Å². The van der Waals surface area contributed by atoms with Gasteiger partial charge in [-0.05, 0) is 49.6 Å². The molecular weight excluding hydrogens is 519 g/mol. The van der Waals surface area contributed by atoms with Crippen LogP contribution in [0.3, 0.4) is 0 Å². The molecule has 5 rings (SSSR count). The first-order valence-corrected chi connectivity index (χ1v) is 13.5. The van der Waals surface area contributed by atoms with Crippen molar-refractivity contribution in [2.45, 2.75) is 37.1 Å². The molecule has 2 aromatic heterocycles. The SMILES string of the molecule is CCn1c(-c2ccc(OCC3COC(Cn4ccnc4)(c4ccc(Cl)cc4Cl)O3)cc2)cnc1SC. The molecule has 4 aromatic rings. The van der Waals surface area contributed by atoms with Crippen molar-refractivity contribution in [3.8, 4) is 17.0 Å². The fraction of sp³-hybridized carbons (Fsp3) is 0.308. The van der Waals surface area contributed by atoms with Crippen molar-refractivity contribution in [3.63, 3.8) is 0 Å². The van der Waals surface area contributed by atoms with Gasteiger partial charge < -0.3 is 23.3 Å². The van der Waals surface area contributed by atoms with Gasteiger partial charge in [0, 0.05) is 35.1 Å². The highest BCUT2D eigenvalue weighted by Crippen LogP contribution is 2.40. The van der Waals surface area contributed by atoms with E-state index in [1.165, 1.54) is 0 Å². The van der Waals surface area contributed by atoms with Crippen LogP contribution in [0.5, 0.6) is 5.75 Å². The van der Waals surface area contributed by atoms with Crippen LogP contribution in [0.2, 0.25) is 10.0 Å². The number of aromatic nitrogens is 4. The highest BCUT2D eigenvalue weighted by molar-refractivity contribution is 7.98. The van der Waals surface area contributed by atoms with Crippen molar-refractivity contribution >= 4 is 35.0 Å². The van der Waals surface area contributed by atoms with Gasteiger partial charge in [0.2, 0.25) is 5.79 Å². The molecular formula is C26H26Cl2N4O3S. The number of imidazole rings is 2. The third kappa shape index (κ3) is 5.14. The predicted molar refractivity (Wildman–Crippen MR) is 142 cm³/mol. The van der Waals surface area contributed by atoms with Crippen LogP contribution in [0.15, 0.2) is 72.5 Å². The Labute approximate surface area is 224 Å². The lowest BCUT2D eigenvalue weighted by atomic mass is 10.1. The van der Waals surface area contributed by atoms with Gasteiger partial charge in [-0.1, -0.05) is 41.0 Å². The number of hydrogen-bond donors (Lipinski definition) is 0. The number of ether oxygens (including phenoxy) is 3. The van der Waals surface area contributed by atoms with Crippen LogP contribution in [-0.2, 0) is 28.4 Å². The maximum absolute atomic E-state index is 6.55. The van der Waals surface area contributed by atoms with Crippen molar-refractivity contribution in [2.75, 3.05) is 19.5 Å². The molecule has 0 aliphatic carbocycles. The molecule has 2 aromatic carbocycles. The van der Waals surface area contributed by atoms with E-state index in [4.69, 9.17) is 37.4 Å². The summed E-state index contributed by atoms with van der Waals surface area (Å²) >= 11 is 14.3. The van der Waals surface area contributed by atoms with Crippen molar-refractivity contribution in [3.05, 3.63) is 83.0 Å². The summed E-state index contributed by atoms with van der Waals surface area (Å²) in [6, 6.07) is 13.3.